The summed E-state index contributed by atoms with van der Waals surface area (Å²) >= 11 is 3.89. The number of fused-ring (bicyclic) bond motifs is 1. The number of hydrogen-bond donors (Lipinski definition) is 6. The van der Waals surface area contributed by atoms with E-state index >= 15 is 0 Å². The maximum absolute atomic E-state index is 11.9. The molecular weight excluding hydrogens is 344 g/mol. The third-order valence-corrected chi connectivity index (χ3v) is 4.08. The predicted molar refractivity (Wildman–Crippen MR) is 96.4 cm³/mol. The second-order valence-corrected chi connectivity index (χ2v) is 5.89. The van der Waals surface area contributed by atoms with Crippen molar-refractivity contribution >= 4 is 41.3 Å². The minimum Gasteiger partial charge on any atom is -0.480 e. The number of amides is 2. The number of nitrogens with two attached hydrogens (primary N) is 1. The lowest BCUT2D eigenvalue weighted by Crippen LogP contribution is -2.49. The Morgan fingerprint density at radius 2 is 2.00 bits per heavy atom. The van der Waals surface area contributed by atoms with Crippen LogP contribution in [-0.4, -0.2) is 52.3 Å². The first kappa shape index (κ1) is 18.8. The molecule has 2 rings (SSSR count). The fraction of sp³-hybridized carbons (Fsp3) is 0.312. The van der Waals surface area contributed by atoms with Gasteiger partial charge < -0.3 is 26.5 Å². The molecule has 8 nitrogen and oxygen atoms in total. The molecule has 0 saturated heterocycles. The molecule has 0 spiro atoms. The summed E-state index contributed by atoms with van der Waals surface area (Å²) in [6.45, 7) is -0.349. The Hall–Kier alpha value is -2.52. The Morgan fingerprint density at radius 3 is 2.68 bits per heavy atom. The van der Waals surface area contributed by atoms with Crippen molar-refractivity contribution in [3.8, 4) is 0 Å². The molecule has 2 atom stereocenters. The van der Waals surface area contributed by atoms with Crippen molar-refractivity contribution in [1.82, 2.24) is 15.6 Å². The van der Waals surface area contributed by atoms with Gasteiger partial charge in [0.25, 0.3) is 0 Å². The molecule has 2 amide bonds. The van der Waals surface area contributed by atoms with Crippen LogP contribution in [0.4, 0.5) is 0 Å². The van der Waals surface area contributed by atoms with Gasteiger partial charge >= 0.3 is 5.97 Å². The van der Waals surface area contributed by atoms with Crippen LogP contribution < -0.4 is 16.4 Å². The lowest BCUT2D eigenvalue weighted by Gasteiger charge is -2.15. The summed E-state index contributed by atoms with van der Waals surface area (Å²) < 4.78 is 0. The van der Waals surface area contributed by atoms with Gasteiger partial charge in [0.05, 0.1) is 12.6 Å². The fourth-order valence-electron chi connectivity index (χ4n) is 2.35. The van der Waals surface area contributed by atoms with Crippen LogP contribution >= 0.6 is 12.6 Å². The third kappa shape index (κ3) is 4.97. The number of hydrogen-bond acceptors (Lipinski definition) is 5. The molecule has 1 heterocycles. The maximum atomic E-state index is 11.9. The number of carbonyl (C=O) groups is 3. The Kier molecular flexibility index (Phi) is 6.43. The highest BCUT2D eigenvalue weighted by Crippen LogP contribution is 2.19. The number of H-pyrrole nitrogens is 1. The van der Waals surface area contributed by atoms with Gasteiger partial charge in [-0.05, 0) is 11.6 Å². The third-order valence-electron chi connectivity index (χ3n) is 3.69. The minimum atomic E-state index is -1.16. The van der Waals surface area contributed by atoms with Crippen LogP contribution in [0.1, 0.15) is 5.56 Å². The van der Waals surface area contributed by atoms with Crippen molar-refractivity contribution in [1.29, 1.82) is 0 Å². The van der Waals surface area contributed by atoms with Crippen LogP contribution in [0.15, 0.2) is 30.5 Å². The number of para-hydroxylation sites is 1. The number of nitrogens with one attached hydrogen (secondary N) is 3. The van der Waals surface area contributed by atoms with Gasteiger partial charge in [-0.25, -0.2) is 4.79 Å². The van der Waals surface area contributed by atoms with Crippen molar-refractivity contribution in [2.75, 3.05) is 12.3 Å². The van der Waals surface area contributed by atoms with Crippen LogP contribution in [0, 0.1) is 0 Å². The van der Waals surface area contributed by atoms with Gasteiger partial charge in [0.1, 0.15) is 6.04 Å². The first-order valence-corrected chi connectivity index (χ1v) is 8.27. The maximum Gasteiger partial charge on any atom is 0.326 e. The average Bonchev–Trinajstić information content (AvgIpc) is 3.01. The Balaban J connectivity index is 1.98. The van der Waals surface area contributed by atoms with Crippen molar-refractivity contribution in [2.24, 2.45) is 5.73 Å². The molecule has 6 N–H and O–H groups in total. The van der Waals surface area contributed by atoms with E-state index in [9.17, 15) is 19.5 Å². The standard InChI is InChI=1S/C16H20N4O4S/c17-11(8-25)15(22)19-7-14(21)20-13(16(23)24)5-9-6-18-12-4-2-1-3-10(9)12/h1-4,6,11,13,18,25H,5,7-8,17H2,(H,19,22)(H,20,21)(H,23,24). The molecule has 0 aliphatic rings. The van der Waals surface area contributed by atoms with Crippen molar-refractivity contribution in [3.63, 3.8) is 0 Å². The van der Waals surface area contributed by atoms with Crippen molar-refractivity contribution < 1.29 is 19.5 Å². The Morgan fingerprint density at radius 1 is 1.28 bits per heavy atom. The second-order valence-electron chi connectivity index (χ2n) is 5.53. The van der Waals surface area contributed by atoms with Crippen LogP contribution in [0.3, 0.4) is 0 Å². The molecule has 134 valence electrons. The number of rotatable bonds is 8. The highest BCUT2D eigenvalue weighted by Gasteiger charge is 2.22. The molecule has 0 bridgehead atoms. The molecule has 0 aliphatic carbocycles. The van der Waals surface area contributed by atoms with Crippen molar-refractivity contribution in [2.45, 2.75) is 18.5 Å². The number of aliphatic carboxylic acids is 1. The van der Waals surface area contributed by atoms with Gasteiger partial charge in [-0.15, -0.1) is 0 Å². The summed E-state index contributed by atoms with van der Waals surface area (Å²) in [4.78, 5) is 37.9. The van der Waals surface area contributed by atoms with Gasteiger partial charge in [-0.3, -0.25) is 9.59 Å². The summed E-state index contributed by atoms with van der Waals surface area (Å²) in [6, 6.07) is 5.56. The normalized spacial score (nSPS) is 13.2. The molecule has 0 saturated carbocycles. The van der Waals surface area contributed by atoms with E-state index in [1.807, 2.05) is 24.3 Å². The Labute approximate surface area is 149 Å². The number of aromatic amines is 1. The predicted octanol–water partition coefficient (Wildman–Crippen LogP) is -0.347. The molecule has 0 aliphatic heterocycles. The lowest BCUT2D eigenvalue weighted by molar-refractivity contribution is -0.141. The van der Waals surface area contributed by atoms with Crippen LogP contribution in [0.5, 0.6) is 0 Å². The van der Waals surface area contributed by atoms with Gasteiger partial charge in [-0.1, -0.05) is 18.2 Å². The van der Waals surface area contributed by atoms with Crippen molar-refractivity contribution in [3.05, 3.63) is 36.0 Å². The molecule has 1 aromatic heterocycles. The van der Waals surface area contributed by atoms with Gasteiger partial charge in [0.15, 0.2) is 0 Å². The lowest BCUT2D eigenvalue weighted by atomic mass is 10.0. The first-order chi connectivity index (χ1) is 11.9. The number of carbonyl (C=O) groups excluding carboxylic acids is 2. The number of benzene rings is 1. The van der Waals surface area contributed by atoms with Crippen LogP contribution in [0.25, 0.3) is 10.9 Å². The smallest absolute Gasteiger partial charge is 0.326 e. The van der Waals surface area contributed by atoms with E-state index in [2.05, 4.69) is 28.2 Å². The van der Waals surface area contributed by atoms with E-state index in [1.165, 1.54) is 0 Å². The Bertz CT molecular complexity index is 776. The highest BCUT2D eigenvalue weighted by atomic mass is 32.1. The topological polar surface area (TPSA) is 137 Å². The minimum absolute atomic E-state index is 0.120. The van der Waals surface area contributed by atoms with Crippen LogP contribution in [0.2, 0.25) is 0 Å². The molecule has 25 heavy (non-hydrogen) atoms. The highest BCUT2D eigenvalue weighted by molar-refractivity contribution is 7.80. The monoisotopic (exact) mass is 364 g/mol. The van der Waals surface area contributed by atoms with Gasteiger partial charge in [-0.2, -0.15) is 12.6 Å². The van der Waals surface area contributed by atoms with E-state index in [1.54, 1.807) is 6.20 Å². The summed E-state index contributed by atoms with van der Waals surface area (Å²) in [7, 11) is 0. The summed E-state index contributed by atoms with van der Waals surface area (Å²) in [6.07, 6.45) is 1.84. The van der Waals surface area contributed by atoms with E-state index in [0.717, 1.165) is 16.5 Å². The molecule has 2 unspecified atom stereocenters. The van der Waals surface area contributed by atoms with E-state index in [0.29, 0.717) is 0 Å². The summed E-state index contributed by atoms with van der Waals surface area (Å²) in [5.41, 5.74) is 7.15. The van der Waals surface area contributed by atoms with Gasteiger partial charge in [0, 0.05) is 29.3 Å². The van der Waals surface area contributed by atoms with E-state index < -0.39 is 29.9 Å². The quantitative estimate of drug-likeness (QED) is 0.356. The van der Waals surface area contributed by atoms with Gasteiger partial charge in [0.2, 0.25) is 11.8 Å². The zero-order valence-corrected chi connectivity index (χ0v) is 14.3. The molecule has 9 heteroatoms. The molecule has 0 fully saturated rings. The largest absolute Gasteiger partial charge is 0.480 e. The molecule has 2 aromatic rings. The zero-order valence-electron chi connectivity index (χ0n) is 13.4. The fourth-order valence-corrected chi connectivity index (χ4v) is 2.51. The SMILES string of the molecule is NC(CS)C(=O)NCC(=O)NC(Cc1c[nH]c2ccccc12)C(=O)O. The second kappa shape index (κ2) is 8.54. The average molecular weight is 364 g/mol. The van der Waals surface area contributed by atoms with E-state index in [4.69, 9.17) is 5.73 Å². The zero-order chi connectivity index (χ0) is 18.4. The first-order valence-electron chi connectivity index (χ1n) is 7.63. The molecule has 1 aromatic carbocycles. The molecular formula is C16H20N4O4S. The number of thiol groups is 1. The van der Waals surface area contributed by atoms with Crippen LogP contribution in [-0.2, 0) is 20.8 Å². The number of aromatic nitrogens is 1. The summed E-state index contributed by atoms with van der Waals surface area (Å²) in [5.74, 6) is -2.14. The summed E-state index contributed by atoms with van der Waals surface area (Å²) in [5, 5.41) is 15.0. The number of carboxylic acids is 1. The van der Waals surface area contributed by atoms with E-state index in [-0.39, 0.29) is 18.7 Å². The molecule has 0 radical (unpaired) electrons. The number of carboxylic acid groups (broad SMARTS) is 1.